The summed E-state index contributed by atoms with van der Waals surface area (Å²) in [7, 11) is 0. The number of hydrogen-bond acceptors (Lipinski definition) is 1. The van der Waals surface area contributed by atoms with Crippen LogP contribution in [-0.4, -0.2) is 5.54 Å². The van der Waals surface area contributed by atoms with Crippen LogP contribution in [0.15, 0.2) is 24.3 Å². The smallest absolute Gasteiger partial charge is 0.0201 e. The lowest BCUT2D eigenvalue weighted by atomic mass is 9.73. The lowest BCUT2D eigenvalue weighted by molar-refractivity contribution is 0.274. The Kier molecular flexibility index (Phi) is 3.88. The normalized spacial score (nSPS) is 23.8. The minimum Gasteiger partial charge on any atom is -0.325 e. The van der Waals surface area contributed by atoms with Gasteiger partial charge in [-0.1, -0.05) is 51.0 Å². The van der Waals surface area contributed by atoms with E-state index in [9.17, 15) is 0 Å². The molecule has 1 unspecified atom stereocenters. The third-order valence-corrected chi connectivity index (χ3v) is 4.40. The molecule has 0 saturated carbocycles. The van der Waals surface area contributed by atoms with Crippen molar-refractivity contribution in [3.63, 3.8) is 0 Å². The maximum absolute atomic E-state index is 6.63. The molecule has 1 aromatic carbocycles. The molecule has 0 saturated heterocycles. The van der Waals surface area contributed by atoms with Crippen LogP contribution in [0.2, 0.25) is 0 Å². The van der Waals surface area contributed by atoms with Gasteiger partial charge in [-0.05, 0) is 42.7 Å². The molecular weight excluding hydrogens is 206 g/mol. The molecule has 0 radical (unpaired) electrons. The second-order valence-electron chi connectivity index (χ2n) is 5.69. The first-order valence-corrected chi connectivity index (χ1v) is 7.02. The number of fused-ring (bicyclic) bond motifs is 1. The van der Waals surface area contributed by atoms with Crippen molar-refractivity contribution >= 4 is 0 Å². The van der Waals surface area contributed by atoms with E-state index in [4.69, 9.17) is 5.73 Å². The van der Waals surface area contributed by atoms with Crippen LogP contribution in [-0.2, 0) is 12.8 Å². The van der Waals surface area contributed by atoms with E-state index in [1.165, 1.54) is 30.4 Å². The summed E-state index contributed by atoms with van der Waals surface area (Å²) in [6, 6.07) is 8.79. The molecule has 0 spiro atoms. The van der Waals surface area contributed by atoms with Crippen molar-refractivity contribution in [3.05, 3.63) is 35.4 Å². The van der Waals surface area contributed by atoms with E-state index in [0.29, 0.717) is 0 Å². The van der Waals surface area contributed by atoms with Crippen LogP contribution < -0.4 is 5.73 Å². The minimum atomic E-state index is 0.0467. The van der Waals surface area contributed by atoms with Crippen molar-refractivity contribution in [2.24, 2.45) is 11.7 Å². The standard InChI is InChI=1S/C16H25N/c1-3-13(4-2)11-16(17)10-9-14-7-5-6-8-15(14)12-16/h5-8,13H,3-4,9-12,17H2,1-2H3. The molecule has 1 atom stereocenters. The van der Waals surface area contributed by atoms with Crippen LogP contribution in [0.3, 0.4) is 0 Å². The topological polar surface area (TPSA) is 26.0 Å². The highest BCUT2D eigenvalue weighted by molar-refractivity contribution is 5.32. The molecule has 0 bridgehead atoms. The second kappa shape index (κ2) is 5.22. The first-order chi connectivity index (χ1) is 8.17. The Morgan fingerprint density at radius 3 is 2.47 bits per heavy atom. The molecule has 1 aliphatic carbocycles. The van der Waals surface area contributed by atoms with Gasteiger partial charge < -0.3 is 5.73 Å². The summed E-state index contributed by atoms with van der Waals surface area (Å²) < 4.78 is 0. The Labute approximate surface area is 105 Å². The van der Waals surface area contributed by atoms with E-state index < -0.39 is 0 Å². The summed E-state index contributed by atoms with van der Waals surface area (Å²) in [6.07, 6.45) is 7.09. The van der Waals surface area contributed by atoms with Crippen molar-refractivity contribution in [1.29, 1.82) is 0 Å². The van der Waals surface area contributed by atoms with Gasteiger partial charge in [-0.15, -0.1) is 0 Å². The fourth-order valence-corrected chi connectivity index (χ4v) is 3.15. The lowest BCUT2D eigenvalue weighted by Crippen LogP contribution is -2.46. The number of aryl methyl sites for hydroxylation is 1. The van der Waals surface area contributed by atoms with Gasteiger partial charge >= 0.3 is 0 Å². The van der Waals surface area contributed by atoms with E-state index in [0.717, 1.165) is 25.2 Å². The number of rotatable bonds is 4. The maximum atomic E-state index is 6.63. The van der Waals surface area contributed by atoms with Crippen molar-refractivity contribution in [2.75, 3.05) is 0 Å². The van der Waals surface area contributed by atoms with Crippen LogP contribution in [0.5, 0.6) is 0 Å². The number of nitrogens with two attached hydrogens (primary N) is 1. The number of hydrogen-bond donors (Lipinski definition) is 1. The van der Waals surface area contributed by atoms with E-state index >= 15 is 0 Å². The van der Waals surface area contributed by atoms with Crippen molar-refractivity contribution in [1.82, 2.24) is 0 Å². The summed E-state index contributed by atoms with van der Waals surface area (Å²) in [5.41, 5.74) is 9.66. The molecule has 0 aliphatic heterocycles. The predicted octanol–water partition coefficient (Wildman–Crippen LogP) is 3.70. The van der Waals surface area contributed by atoms with Crippen molar-refractivity contribution < 1.29 is 0 Å². The molecule has 0 fully saturated rings. The Bertz CT molecular complexity index is 368. The number of benzene rings is 1. The largest absolute Gasteiger partial charge is 0.325 e. The molecule has 1 nitrogen and oxygen atoms in total. The summed E-state index contributed by atoms with van der Waals surface area (Å²) in [6.45, 7) is 4.57. The average Bonchev–Trinajstić information content (AvgIpc) is 2.36. The van der Waals surface area contributed by atoms with E-state index in [1.807, 2.05) is 0 Å². The Hall–Kier alpha value is -0.820. The monoisotopic (exact) mass is 231 g/mol. The van der Waals surface area contributed by atoms with E-state index in [2.05, 4.69) is 38.1 Å². The Morgan fingerprint density at radius 2 is 1.82 bits per heavy atom. The van der Waals surface area contributed by atoms with Gasteiger partial charge in [0.1, 0.15) is 0 Å². The van der Waals surface area contributed by atoms with E-state index in [1.54, 1.807) is 0 Å². The Balaban J connectivity index is 2.09. The molecule has 0 aromatic heterocycles. The first kappa shape index (κ1) is 12.6. The second-order valence-corrected chi connectivity index (χ2v) is 5.69. The van der Waals surface area contributed by atoms with Gasteiger partial charge in [-0.2, -0.15) is 0 Å². The Morgan fingerprint density at radius 1 is 1.18 bits per heavy atom. The van der Waals surface area contributed by atoms with Crippen LogP contribution in [0.1, 0.15) is 50.7 Å². The molecule has 2 N–H and O–H groups in total. The summed E-state index contributed by atoms with van der Waals surface area (Å²) in [5, 5.41) is 0. The van der Waals surface area contributed by atoms with Crippen LogP contribution in [0, 0.1) is 5.92 Å². The quantitative estimate of drug-likeness (QED) is 0.840. The third-order valence-electron chi connectivity index (χ3n) is 4.40. The first-order valence-electron chi connectivity index (χ1n) is 7.02. The van der Waals surface area contributed by atoms with Gasteiger partial charge in [0.2, 0.25) is 0 Å². The third kappa shape index (κ3) is 2.90. The zero-order chi connectivity index (χ0) is 12.3. The maximum Gasteiger partial charge on any atom is 0.0201 e. The minimum absolute atomic E-state index is 0.0467. The predicted molar refractivity (Wildman–Crippen MR) is 74.1 cm³/mol. The van der Waals surface area contributed by atoms with E-state index in [-0.39, 0.29) is 5.54 Å². The van der Waals surface area contributed by atoms with Crippen LogP contribution >= 0.6 is 0 Å². The molecule has 1 heteroatoms. The molecule has 0 amide bonds. The van der Waals surface area contributed by atoms with Crippen LogP contribution in [0.4, 0.5) is 0 Å². The molecule has 1 aliphatic rings. The van der Waals surface area contributed by atoms with Gasteiger partial charge in [-0.25, -0.2) is 0 Å². The zero-order valence-corrected chi connectivity index (χ0v) is 11.2. The summed E-state index contributed by atoms with van der Waals surface area (Å²) >= 11 is 0. The fourth-order valence-electron chi connectivity index (χ4n) is 3.15. The van der Waals surface area contributed by atoms with Gasteiger partial charge in [0.05, 0.1) is 0 Å². The zero-order valence-electron chi connectivity index (χ0n) is 11.2. The molecular formula is C16H25N. The highest BCUT2D eigenvalue weighted by Gasteiger charge is 2.31. The lowest BCUT2D eigenvalue weighted by Gasteiger charge is -2.37. The fraction of sp³-hybridized carbons (Fsp3) is 0.625. The van der Waals surface area contributed by atoms with Crippen LogP contribution in [0.25, 0.3) is 0 Å². The summed E-state index contributed by atoms with van der Waals surface area (Å²) in [5.74, 6) is 0.797. The van der Waals surface area contributed by atoms with Crippen molar-refractivity contribution in [3.8, 4) is 0 Å². The molecule has 0 heterocycles. The van der Waals surface area contributed by atoms with Gasteiger partial charge in [0.15, 0.2) is 0 Å². The van der Waals surface area contributed by atoms with Gasteiger partial charge in [0.25, 0.3) is 0 Å². The summed E-state index contributed by atoms with van der Waals surface area (Å²) in [4.78, 5) is 0. The highest BCUT2D eigenvalue weighted by atomic mass is 14.7. The SMILES string of the molecule is CCC(CC)CC1(N)CCc2ccccc2C1. The van der Waals surface area contributed by atoms with Gasteiger partial charge in [-0.3, -0.25) is 0 Å². The average molecular weight is 231 g/mol. The highest BCUT2D eigenvalue weighted by Crippen LogP contribution is 2.33. The van der Waals surface area contributed by atoms with Gasteiger partial charge in [0, 0.05) is 5.54 Å². The molecule has 17 heavy (non-hydrogen) atoms. The molecule has 94 valence electrons. The van der Waals surface area contributed by atoms with Crippen molar-refractivity contribution in [2.45, 2.75) is 57.9 Å². The molecule has 1 aromatic rings. The molecule has 2 rings (SSSR count).